The Morgan fingerprint density at radius 3 is 2.72 bits per heavy atom. The fourth-order valence-electron chi connectivity index (χ4n) is 2.70. The first-order chi connectivity index (χ1) is 8.56. The molecule has 1 aliphatic rings. The molecule has 0 radical (unpaired) electrons. The van der Waals surface area contributed by atoms with Crippen LogP contribution in [0.15, 0.2) is 12.1 Å². The fraction of sp³-hybridized carbons (Fsp3) is 0.571. The highest BCUT2D eigenvalue weighted by atomic mass is 16.2. The van der Waals surface area contributed by atoms with Crippen LogP contribution in [-0.2, 0) is 0 Å². The van der Waals surface area contributed by atoms with Crippen molar-refractivity contribution in [1.29, 1.82) is 0 Å². The third kappa shape index (κ3) is 3.00. The number of hydrogen-bond donors (Lipinski definition) is 1. The summed E-state index contributed by atoms with van der Waals surface area (Å²) in [6.45, 7) is 2.70. The lowest BCUT2D eigenvalue weighted by Crippen LogP contribution is -2.31. The van der Waals surface area contributed by atoms with Crippen molar-refractivity contribution in [3.63, 3.8) is 0 Å². The Balaban J connectivity index is 2.04. The monoisotopic (exact) mass is 247 g/mol. The molecule has 1 aliphatic carbocycles. The smallest absolute Gasteiger partial charge is 0.253 e. The lowest BCUT2D eigenvalue weighted by atomic mass is 10.1. The fourth-order valence-corrected chi connectivity index (χ4v) is 2.70. The highest BCUT2D eigenvalue weighted by molar-refractivity contribution is 5.94. The van der Waals surface area contributed by atoms with Crippen LogP contribution in [0.5, 0.6) is 0 Å². The molecule has 4 nitrogen and oxygen atoms in total. The molecule has 1 heterocycles. The van der Waals surface area contributed by atoms with Crippen LogP contribution >= 0.6 is 0 Å². The molecule has 1 fully saturated rings. The zero-order valence-electron chi connectivity index (χ0n) is 11.1. The molecule has 0 bridgehead atoms. The van der Waals surface area contributed by atoms with Crippen LogP contribution in [0, 0.1) is 12.8 Å². The average Bonchev–Trinajstić information content (AvgIpc) is 2.79. The minimum Gasteiger partial charge on any atom is -0.384 e. The Morgan fingerprint density at radius 2 is 2.11 bits per heavy atom. The van der Waals surface area contributed by atoms with Gasteiger partial charge >= 0.3 is 0 Å². The van der Waals surface area contributed by atoms with Gasteiger partial charge in [-0.15, -0.1) is 0 Å². The number of carbonyl (C=O) groups is 1. The van der Waals surface area contributed by atoms with Gasteiger partial charge < -0.3 is 10.6 Å². The van der Waals surface area contributed by atoms with Crippen molar-refractivity contribution in [1.82, 2.24) is 9.88 Å². The first-order valence-corrected chi connectivity index (χ1v) is 6.56. The normalized spacial score (nSPS) is 15.9. The zero-order chi connectivity index (χ0) is 13.1. The van der Waals surface area contributed by atoms with E-state index in [0.717, 1.165) is 12.2 Å². The molecule has 98 valence electrons. The Labute approximate surface area is 108 Å². The molecule has 2 N–H and O–H groups in total. The molecule has 0 unspecified atom stereocenters. The second kappa shape index (κ2) is 5.38. The minimum atomic E-state index is 0.0408. The Hall–Kier alpha value is -1.58. The molecular weight excluding hydrogens is 226 g/mol. The van der Waals surface area contributed by atoms with Crippen LogP contribution in [0.3, 0.4) is 0 Å². The van der Waals surface area contributed by atoms with Crippen molar-refractivity contribution in [2.45, 2.75) is 32.6 Å². The van der Waals surface area contributed by atoms with E-state index in [2.05, 4.69) is 4.98 Å². The van der Waals surface area contributed by atoms with Crippen LogP contribution in [-0.4, -0.2) is 29.4 Å². The third-order valence-electron chi connectivity index (χ3n) is 3.57. The van der Waals surface area contributed by atoms with Gasteiger partial charge in [-0.2, -0.15) is 0 Å². The second-order valence-corrected chi connectivity index (χ2v) is 5.26. The summed E-state index contributed by atoms with van der Waals surface area (Å²) in [5.41, 5.74) is 7.10. The first-order valence-electron chi connectivity index (χ1n) is 6.56. The van der Waals surface area contributed by atoms with Gasteiger partial charge in [-0.1, -0.05) is 12.8 Å². The lowest BCUT2D eigenvalue weighted by molar-refractivity contribution is 0.0773. The maximum Gasteiger partial charge on any atom is 0.253 e. The Bertz CT molecular complexity index is 418. The van der Waals surface area contributed by atoms with E-state index in [1.807, 2.05) is 18.9 Å². The summed E-state index contributed by atoms with van der Waals surface area (Å²) in [6.07, 6.45) is 5.09. The van der Waals surface area contributed by atoms with Gasteiger partial charge in [0.2, 0.25) is 0 Å². The van der Waals surface area contributed by atoms with Gasteiger partial charge in [0, 0.05) is 24.8 Å². The minimum absolute atomic E-state index is 0.0408. The van der Waals surface area contributed by atoms with Gasteiger partial charge in [-0.25, -0.2) is 4.98 Å². The number of nitrogen functional groups attached to an aromatic ring is 1. The number of pyridine rings is 1. The quantitative estimate of drug-likeness (QED) is 0.891. The largest absolute Gasteiger partial charge is 0.384 e. The summed E-state index contributed by atoms with van der Waals surface area (Å²) in [5, 5.41) is 0. The number of aromatic nitrogens is 1. The van der Waals surface area contributed by atoms with Crippen molar-refractivity contribution in [3.05, 3.63) is 23.4 Å². The molecule has 0 spiro atoms. The number of hydrogen-bond acceptors (Lipinski definition) is 3. The maximum atomic E-state index is 12.3. The Morgan fingerprint density at radius 1 is 1.44 bits per heavy atom. The second-order valence-electron chi connectivity index (χ2n) is 5.26. The molecule has 18 heavy (non-hydrogen) atoms. The number of aryl methyl sites for hydroxylation is 1. The van der Waals surface area contributed by atoms with Crippen LogP contribution in [0.25, 0.3) is 0 Å². The van der Waals surface area contributed by atoms with Crippen LogP contribution in [0.2, 0.25) is 0 Å². The number of nitrogens with two attached hydrogens (primary N) is 1. The maximum absolute atomic E-state index is 12.3. The number of carbonyl (C=O) groups excluding carboxylic acids is 1. The van der Waals surface area contributed by atoms with Gasteiger partial charge in [-0.3, -0.25) is 4.79 Å². The van der Waals surface area contributed by atoms with Gasteiger partial charge in [0.05, 0.1) is 0 Å². The molecule has 0 aromatic carbocycles. The van der Waals surface area contributed by atoms with Crippen molar-refractivity contribution >= 4 is 11.7 Å². The topological polar surface area (TPSA) is 59.2 Å². The van der Waals surface area contributed by atoms with Crippen LogP contribution in [0.1, 0.15) is 41.7 Å². The predicted molar refractivity (Wildman–Crippen MR) is 72.3 cm³/mol. The van der Waals surface area contributed by atoms with Crippen molar-refractivity contribution in [3.8, 4) is 0 Å². The highest BCUT2D eigenvalue weighted by Gasteiger charge is 2.20. The molecule has 0 saturated heterocycles. The molecular formula is C14H21N3O. The van der Waals surface area contributed by atoms with E-state index in [9.17, 15) is 4.79 Å². The van der Waals surface area contributed by atoms with E-state index in [1.165, 1.54) is 25.7 Å². The van der Waals surface area contributed by atoms with Crippen molar-refractivity contribution in [2.75, 3.05) is 19.3 Å². The summed E-state index contributed by atoms with van der Waals surface area (Å²) in [4.78, 5) is 18.2. The summed E-state index contributed by atoms with van der Waals surface area (Å²) >= 11 is 0. The van der Waals surface area contributed by atoms with E-state index in [4.69, 9.17) is 5.73 Å². The van der Waals surface area contributed by atoms with Crippen molar-refractivity contribution < 1.29 is 4.79 Å². The van der Waals surface area contributed by atoms with E-state index in [-0.39, 0.29) is 5.91 Å². The van der Waals surface area contributed by atoms with Gasteiger partial charge in [-0.05, 0) is 37.8 Å². The molecule has 4 heteroatoms. The summed E-state index contributed by atoms with van der Waals surface area (Å²) in [6, 6.07) is 3.45. The lowest BCUT2D eigenvalue weighted by Gasteiger charge is -2.21. The van der Waals surface area contributed by atoms with E-state index in [1.54, 1.807) is 12.1 Å². The van der Waals surface area contributed by atoms with E-state index >= 15 is 0 Å². The highest BCUT2D eigenvalue weighted by Crippen LogP contribution is 2.25. The first kappa shape index (κ1) is 12.9. The molecule has 1 aromatic rings. The molecule has 0 aliphatic heterocycles. The van der Waals surface area contributed by atoms with E-state index in [0.29, 0.717) is 17.3 Å². The summed E-state index contributed by atoms with van der Waals surface area (Å²) < 4.78 is 0. The van der Waals surface area contributed by atoms with Crippen LogP contribution in [0.4, 0.5) is 5.82 Å². The summed E-state index contributed by atoms with van der Waals surface area (Å²) in [5.74, 6) is 1.12. The van der Waals surface area contributed by atoms with Gasteiger partial charge in [0.1, 0.15) is 5.82 Å². The van der Waals surface area contributed by atoms with Crippen molar-refractivity contribution in [2.24, 2.45) is 5.92 Å². The van der Waals surface area contributed by atoms with E-state index < -0.39 is 0 Å². The van der Waals surface area contributed by atoms with Crippen LogP contribution < -0.4 is 5.73 Å². The molecule has 0 atom stereocenters. The molecule has 1 aromatic heterocycles. The molecule has 2 rings (SSSR count). The number of nitrogens with zero attached hydrogens (tertiary/aromatic N) is 2. The number of rotatable bonds is 3. The SMILES string of the molecule is Cc1cc(C(=O)N(C)CC2CCCC2)cc(N)n1. The summed E-state index contributed by atoms with van der Waals surface area (Å²) in [7, 11) is 1.87. The molecule has 1 saturated carbocycles. The van der Waals surface area contributed by atoms with Gasteiger partial charge in [0.25, 0.3) is 5.91 Å². The standard InChI is InChI=1S/C14H21N3O/c1-10-7-12(8-13(15)16-10)14(18)17(2)9-11-5-3-4-6-11/h7-8,11H,3-6,9H2,1-2H3,(H2,15,16). The van der Waals surface area contributed by atoms with Gasteiger partial charge in [0.15, 0.2) is 0 Å². The Kier molecular flexibility index (Phi) is 3.84. The average molecular weight is 247 g/mol. The predicted octanol–water partition coefficient (Wildman–Crippen LogP) is 2.23. The molecule has 1 amide bonds. The number of amides is 1. The zero-order valence-corrected chi connectivity index (χ0v) is 11.1. The number of anilines is 1. The third-order valence-corrected chi connectivity index (χ3v) is 3.57.